The minimum atomic E-state index is -0.284. The number of anilines is 3. The molecule has 3 aromatic carbocycles. The van der Waals surface area contributed by atoms with Crippen LogP contribution in [0.15, 0.2) is 77.7 Å². The first-order valence-corrected chi connectivity index (χ1v) is 11.0. The molecule has 0 aliphatic carbocycles. The lowest BCUT2D eigenvalue weighted by atomic mass is 10.2. The van der Waals surface area contributed by atoms with Gasteiger partial charge in [0.1, 0.15) is 0 Å². The van der Waals surface area contributed by atoms with Crippen molar-refractivity contribution in [2.75, 3.05) is 16.0 Å². The van der Waals surface area contributed by atoms with E-state index < -0.39 is 0 Å². The minimum Gasteiger partial charge on any atom is -0.332 e. The molecule has 4 nitrogen and oxygen atoms in total. The summed E-state index contributed by atoms with van der Waals surface area (Å²) in [5, 5.41) is 10.1. The van der Waals surface area contributed by atoms with Gasteiger partial charge in [0, 0.05) is 27.0 Å². The number of thioether (sulfide) groups is 1. The summed E-state index contributed by atoms with van der Waals surface area (Å²) >= 11 is 12.9. The van der Waals surface area contributed by atoms with E-state index in [1.807, 2.05) is 74.5 Å². The van der Waals surface area contributed by atoms with Crippen LogP contribution in [0.4, 0.5) is 17.1 Å². The molecule has 0 fully saturated rings. The number of hydrogen-bond donors (Lipinski definition) is 3. The summed E-state index contributed by atoms with van der Waals surface area (Å²) in [6, 6.07) is 23.0. The summed E-state index contributed by atoms with van der Waals surface area (Å²) in [7, 11) is 0. The Balaban J connectivity index is 1.59. The van der Waals surface area contributed by atoms with Gasteiger partial charge in [-0.3, -0.25) is 4.79 Å². The summed E-state index contributed by atoms with van der Waals surface area (Å²) in [5.74, 6) is -0.0787. The summed E-state index contributed by atoms with van der Waals surface area (Å²) in [6.45, 7) is 3.81. The van der Waals surface area contributed by atoms with Crippen LogP contribution in [0.1, 0.15) is 12.5 Å². The molecule has 0 aliphatic rings. The standard InChI is InChI=1S/C23H22ClN3OS2/c1-15-11-12-17(24)13-21(15)27-22(28)16(2)30-20-10-6-9-19(14-20)26-23(29)25-18-7-4-3-5-8-18/h3-14,16H,1-2H3,(H,27,28)(H2,25,26,29). The zero-order valence-electron chi connectivity index (χ0n) is 16.6. The Morgan fingerprint density at radius 1 is 0.933 bits per heavy atom. The van der Waals surface area contributed by atoms with Crippen molar-refractivity contribution in [1.82, 2.24) is 0 Å². The average molecular weight is 456 g/mol. The van der Waals surface area contributed by atoms with Gasteiger partial charge in [-0.1, -0.05) is 41.9 Å². The molecular formula is C23H22ClN3OS2. The van der Waals surface area contributed by atoms with E-state index in [-0.39, 0.29) is 11.2 Å². The van der Waals surface area contributed by atoms with Crippen LogP contribution in [0.25, 0.3) is 0 Å². The SMILES string of the molecule is Cc1ccc(Cl)cc1NC(=O)C(C)Sc1cccc(NC(=S)Nc2ccccc2)c1. The molecule has 0 aromatic heterocycles. The second-order valence-electron chi connectivity index (χ2n) is 6.68. The van der Waals surface area contributed by atoms with Gasteiger partial charge < -0.3 is 16.0 Å². The van der Waals surface area contributed by atoms with Crippen molar-refractivity contribution in [1.29, 1.82) is 0 Å². The Kier molecular flexibility index (Phi) is 7.74. The highest BCUT2D eigenvalue weighted by Crippen LogP contribution is 2.28. The summed E-state index contributed by atoms with van der Waals surface area (Å²) in [4.78, 5) is 13.6. The van der Waals surface area contributed by atoms with Crippen molar-refractivity contribution in [3.05, 3.63) is 83.4 Å². The average Bonchev–Trinajstić information content (AvgIpc) is 2.71. The minimum absolute atomic E-state index is 0.0787. The van der Waals surface area contributed by atoms with Gasteiger partial charge in [-0.05, 0) is 74.1 Å². The lowest BCUT2D eigenvalue weighted by Crippen LogP contribution is -2.23. The summed E-state index contributed by atoms with van der Waals surface area (Å²) < 4.78 is 0. The van der Waals surface area contributed by atoms with Gasteiger partial charge in [-0.2, -0.15) is 0 Å². The number of hydrogen-bond acceptors (Lipinski definition) is 3. The van der Waals surface area contributed by atoms with Crippen molar-refractivity contribution in [3.8, 4) is 0 Å². The molecule has 0 saturated heterocycles. The molecule has 0 bridgehead atoms. The molecule has 0 saturated carbocycles. The predicted octanol–water partition coefficient (Wildman–Crippen LogP) is 6.58. The maximum Gasteiger partial charge on any atom is 0.237 e. The van der Waals surface area contributed by atoms with E-state index in [9.17, 15) is 4.79 Å². The van der Waals surface area contributed by atoms with Crippen molar-refractivity contribution in [2.24, 2.45) is 0 Å². The molecule has 0 aliphatic heterocycles. The fourth-order valence-corrected chi connectivity index (χ4v) is 4.02. The Labute approximate surface area is 191 Å². The molecule has 30 heavy (non-hydrogen) atoms. The maximum absolute atomic E-state index is 12.6. The molecule has 0 radical (unpaired) electrons. The number of amides is 1. The Bertz CT molecular complexity index is 1040. The number of carbonyl (C=O) groups excluding carboxylic acids is 1. The highest BCUT2D eigenvalue weighted by atomic mass is 35.5. The van der Waals surface area contributed by atoms with E-state index in [0.717, 1.165) is 27.5 Å². The van der Waals surface area contributed by atoms with Crippen LogP contribution in [-0.4, -0.2) is 16.3 Å². The number of carbonyl (C=O) groups is 1. The molecule has 3 rings (SSSR count). The fourth-order valence-electron chi connectivity index (χ4n) is 2.68. The van der Waals surface area contributed by atoms with Crippen LogP contribution in [0.5, 0.6) is 0 Å². The van der Waals surface area contributed by atoms with E-state index in [1.165, 1.54) is 11.8 Å². The third kappa shape index (κ3) is 6.49. The quantitative estimate of drug-likeness (QED) is 0.289. The van der Waals surface area contributed by atoms with Crippen LogP contribution in [0.2, 0.25) is 5.02 Å². The molecule has 7 heteroatoms. The number of thiocarbonyl (C=S) groups is 1. The second-order valence-corrected chi connectivity index (χ2v) is 8.94. The van der Waals surface area contributed by atoms with Crippen LogP contribution in [-0.2, 0) is 4.79 Å². The highest BCUT2D eigenvalue weighted by molar-refractivity contribution is 8.00. The molecule has 154 valence electrons. The van der Waals surface area contributed by atoms with Crippen LogP contribution in [0, 0.1) is 6.92 Å². The van der Waals surface area contributed by atoms with Crippen LogP contribution in [0.3, 0.4) is 0 Å². The smallest absolute Gasteiger partial charge is 0.237 e. The number of aryl methyl sites for hydroxylation is 1. The first kappa shape index (κ1) is 22.2. The van der Waals surface area contributed by atoms with Gasteiger partial charge in [-0.25, -0.2) is 0 Å². The van der Waals surface area contributed by atoms with Crippen LogP contribution >= 0.6 is 35.6 Å². The van der Waals surface area contributed by atoms with Crippen molar-refractivity contribution in [3.63, 3.8) is 0 Å². The van der Waals surface area contributed by atoms with Gasteiger partial charge in [0.2, 0.25) is 5.91 Å². The third-order valence-corrected chi connectivity index (χ3v) is 5.80. The Hall–Kier alpha value is -2.54. The maximum atomic E-state index is 12.6. The molecule has 3 aromatic rings. The lowest BCUT2D eigenvalue weighted by Gasteiger charge is -2.15. The van der Waals surface area contributed by atoms with Crippen molar-refractivity contribution in [2.45, 2.75) is 24.0 Å². The number of halogens is 1. The Morgan fingerprint density at radius 2 is 1.63 bits per heavy atom. The van der Waals surface area contributed by atoms with Crippen molar-refractivity contribution < 1.29 is 4.79 Å². The van der Waals surface area contributed by atoms with Gasteiger partial charge in [-0.15, -0.1) is 11.8 Å². The summed E-state index contributed by atoms with van der Waals surface area (Å²) in [5.41, 5.74) is 3.47. The normalized spacial score (nSPS) is 11.4. The van der Waals surface area contributed by atoms with Gasteiger partial charge >= 0.3 is 0 Å². The van der Waals surface area contributed by atoms with Gasteiger partial charge in [0.05, 0.1) is 5.25 Å². The monoisotopic (exact) mass is 455 g/mol. The van der Waals surface area contributed by atoms with E-state index in [4.69, 9.17) is 23.8 Å². The first-order valence-electron chi connectivity index (χ1n) is 9.37. The summed E-state index contributed by atoms with van der Waals surface area (Å²) in [6.07, 6.45) is 0. The van der Waals surface area contributed by atoms with Gasteiger partial charge in [0.25, 0.3) is 0 Å². The Morgan fingerprint density at radius 3 is 2.40 bits per heavy atom. The molecule has 1 atom stereocenters. The number of para-hydroxylation sites is 1. The molecular weight excluding hydrogens is 434 g/mol. The third-order valence-electron chi connectivity index (χ3n) is 4.26. The molecule has 0 heterocycles. The highest BCUT2D eigenvalue weighted by Gasteiger charge is 2.16. The number of rotatable bonds is 6. The first-order chi connectivity index (χ1) is 14.4. The van der Waals surface area contributed by atoms with E-state index in [1.54, 1.807) is 12.1 Å². The van der Waals surface area contributed by atoms with Gasteiger partial charge in [0.15, 0.2) is 5.11 Å². The van der Waals surface area contributed by atoms with Crippen LogP contribution < -0.4 is 16.0 Å². The predicted molar refractivity (Wildman–Crippen MR) is 133 cm³/mol. The molecule has 1 amide bonds. The molecule has 1 unspecified atom stereocenters. The van der Waals surface area contributed by atoms with E-state index in [2.05, 4.69) is 16.0 Å². The molecule has 0 spiro atoms. The largest absolute Gasteiger partial charge is 0.332 e. The topological polar surface area (TPSA) is 53.2 Å². The fraction of sp³-hybridized carbons (Fsp3) is 0.130. The second kappa shape index (κ2) is 10.5. The number of benzene rings is 3. The zero-order chi connectivity index (χ0) is 21.5. The van der Waals surface area contributed by atoms with Crippen molar-refractivity contribution >= 4 is 63.7 Å². The number of nitrogens with one attached hydrogen (secondary N) is 3. The lowest BCUT2D eigenvalue weighted by molar-refractivity contribution is -0.115. The van der Waals surface area contributed by atoms with E-state index in [0.29, 0.717) is 10.1 Å². The zero-order valence-corrected chi connectivity index (χ0v) is 19.0. The van der Waals surface area contributed by atoms with E-state index >= 15 is 0 Å². The molecule has 3 N–H and O–H groups in total.